The molecule has 0 spiro atoms. The van der Waals surface area contributed by atoms with E-state index in [4.69, 9.17) is 11.6 Å². The maximum absolute atomic E-state index is 11.7. The predicted octanol–water partition coefficient (Wildman–Crippen LogP) is 2.26. The fourth-order valence-corrected chi connectivity index (χ4v) is 1.77. The van der Waals surface area contributed by atoms with Gasteiger partial charge in [-0.25, -0.2) is 4.98 Å². The van der Waals surface area contributed by atoms with E-state index < -0.39 is 0 Å². The highest BCUT2D eigenvalue weighted by Gasteiger charge is 2.08. The first kappa shape index (κ1) is 14.1. The van der Waals surface area contributed by atoms with Crippen LogP contribution in [0.3, 0.4) is 0 Å². The highest BCUT2D eigenvalue weighted by atomic mass is 35.5. The predicted molar refractivity (Wildman–Crippen MR) is 74.1 cm³/mol. The molecule has 17 heavy (non-hydrogen) atoms. The van der Waals surface area contributed by atoms with Crippen molar-refractivity contribution in [3.63, 3.8) is 0 Å². The molecule has 0 saturated carbocycles. The molecular weight excluding hydrogens is 258 g/mol. The summed E-state index contributed by atoms with van der Waals surface area (Å²) in [6.45, 7) is 3.35. The van der Waals surface area contributed by atoms with Gasteiger partial charge >= 0.3 is 0 Å². The highest BCUT2D eigenvalue weighted by Crippen LogP contribution is 2.19. The number of aromatic nitrogens is 1. The number of thioether (sulfide) groups is 1. The number of nitrogens with zero attached hydrogens (tertiary/aromatic N) is 1. The lowest BCUT2D eigenvalue weighted by Gasteiger charge is -2.07. The molecule has 94 valence electrons. The molecule has 0 aliphatic heterocycles. The summed E-state index contributed by atoms with van der Waals surface area (Å²) in [5.74, 6) is 1.36. The average Bonchev–Trinajstić information content (AvgIpc) is 2.32. The van der Waals surface area contributed by atoms with Crippen molar-refractivity contribution in [2.45, 2.75) is 6.92 Å². The van der Waals surface area contributed by atoms with Crippen molar-refractivity contribution in [2.75, 3.05) is 30.4 Å². The molecule has 0 radical (unpaired) electrons. The van der Waals surface area contributed by atoms with E-state index >= 15 is 0 Å². The van der Waals surface area contributed by atoms with E-state index in [1.54, 1.807) is 17.8 Å². The molecule has 1 aromatic heterocycles. The molecule has 1 aromatic rings. The van der Waals surface area contributed by atoms with Gasteiger partial charge in [0, 0.05) is 25.0 Å². The number of hydrogen-bond acceptors (Lipinski definition) is 4. The quantitative estimate of drug-likeness (QED) is 0.781. The summed E-state index contributed by atoms with van der Waals surface area (Å²) in [4.78, 5) is 15.8. The van der Waals surface area contributed by atoms with Crippen molar-refractivity contribution in [3.8, 4) is 0 Å². The highest BCUT2D eigenvalue weighted by molar-refractivity contribution is 7.98. The molecule has 4 nitrogen and oxygen atoms in total. The first-order valence-electron chi connectivity index (χ1n) is 5.35. The molecule has 0 unspecified atom stereocenters. The third-order valence-electron chi connectivity index (χ3n) is 2.04. The van der Waals surface area contributed by atoms with E-state index in [2.05, 4.69) is 15.6 Å². The van der Waals surface area contributed by atoms with E-state index in [9.17, 15) is 4.79 Å². The van der Waals surface area contributed by atoms with Crippen LogP contribution in [0.2, 0.25) is 5.02 Å². The second-order valence-corrected chi connectivity index (χ2v) is 4.73. The first-order valence-corrected chi connectivity index (χ1v) is 7.12. The molecule has 0 fully saturated rings. The zero-order valence-corrected chi connectivity index (χ0v) is 11.5. The van der Waals surface area contributed by atoms with Gasteiger partial charge in [0.25, 0.3) is 5.91 Å². The van der Waals surface area contributed by atoms with E-state index in [0.29, 0.717) is 22.9 Å². The van der Waals surface area contributed by atoms with Gasteiger partial charge in [-0.1, -0.05) is 11.6 Å². The molecule has 0 aromatic carbocycles. The molecule has 2 N–H and O–H groups in total. The fourth-order valence-electron chi connectivity index (χ4n) is 1.23. The van der Waals surface area contributed by atoms with Gasteiger partial charge in [-0.3, -0.25) is 4.79 Å². The van der Waals surface area contributed by atoms with Crippen LogP contribution in [0.4, 0.5) is 5.82 Å². The van der Waals surface area contributed by atoms with Crippen molar-refractivity contribution in [2.24, 2.45) is 0 Å². The zero-order valence-electron chi connectivity index (χ0n) is 9.92. The van der Waals surface area contributed by atoms with Crippen LogP contribution in [-0.2, 0) is 0 Å². The van der Waals surface area contributed by atoms with Crippen LogP contribution in [0, 0.1) is 0 Å². The monoisotopic (exact) mass is 273 g/mol. The lowest BCUT2D eigenvalue weighted by atomic mass is 10.2. The summed E-state index contributed by atoms with van der Waals surface area (Å²) in [6, 6.07) is 1.63. The van der Waals surface area contributed by atoms with Gasteiger partial charge in [0.2, 0.25) is 0 Å². The van der Waals surface area contributed by atoms with E-state index in [1.165, 1.54) is 6.20 Å². The lowest BCUT2D eigenvalue weighted by molar-refractivity contribution is 0.0956. The molecule has 0 atom stereocenters. The molecule has 1 heterocycles. The smallest absolute Gasteiger partial charge is 0.252 e. The number of anilines is 1. The van der Waals surface area contributed by atoms with Gasteiger partial charge in [0.15, 0.2) is 0 Å². The van der Waals surface area contributed by atoms with Gasteiger partial charge in [0.05, 0.1) is 10.6 Å². The van der Waals surface area contributed by atoms with Crippen LogP contribution >= 0.6 is 23.4 Å². The molecular formula is C11H16ClN3OS. The normalized spacial score (nSPS) is 10.1. The number of hydrogen-bond donors (Lipinski definition) is 2. The van der Waals surface area contributed by atoms with Crippen LogP contribution < -0.4 is 10.6 Å². The Morgan fingerprint density at radius 2 is 2.35 bits per heavy atom. The largest absolute Gasteiger partial charge is 0.369 e. The van der Waals surface area contributed by atoms with Crippen LogP contribution in [0.5, 0.6) is 0 Å². The Balaban J connectivity index is 2.65. The Morgan fingerprint density at radius 3 is 2.94 bits per heavy atom. The second-order valence-electron chi connectivity index (χ2n) is 3.33. The number of amides is 1. The minimum Gasteiger partial charge on any atom is -0.369 e. The minimum atomic E-state index is -0.142. The Morgan fingerprint density at radius 1 is 1.59 bits per heavy atom. The number of carbonyl (C=O) groups is 1. The molecule has 6 heteroatoms. The molecule has 0 saturated heterocycles. The number of pyridine rings is 1. The number of carbonyl (C=O) groups excluding carboxylic acids is 1. The standard InChI is InChI=1S/C11H16ClN3OS/c1-3-13-10-9(12)6-8(7-15-10)11(16)14-4-5-17-2/h6-7H,3-5H2,1-2H3,(H,13,15)(H,14,16). The Hall–Kier alpha value is -0.940. The van der Waals surface area contributed by atoms with Crippen molar-refractivity contribution < 1.29 is 4.79 Å². The Kier molecular flexibility index (Phi) is 6.15. The summed E-state index contributed by atoms with van der Waals surface area (Å²) in [5.41, 5.74) is 0.484. The number of nitrogens with one attached hydrogen (secondary N) is 2. The van der Waals surface area contributed by atoms with E-state index in [1.807, 2.05) is 13.2 Å². The maximum Gasteiger partial charge on any atom is 0.252 e. The average molecular weight is 274 g/mol. The summed E-state index contributed by atoms with van der Waals surface area (Å²) in [6.07, 6.45) is 3.52. The van der Waals surface area contributed by atoms with Crippen molar-refractivity contribution in [1.82, 2.24) is 10.3 Å². The zero-order chi connectivity index (χ0) is 12.7. The number of rotatable bonds is 6. The van der Waals surface area contributed by atoms with Gasteiger partial charge < -0.3 is 10.6 Å². The van der Waals surface area contributed by atoms with Crippen molar-refractivity contribution in [3.05, 3.63) is 22.8 Å². The molecule has 1 amide bonds. The minimum absolute atomic E-state index is 0.142. The van der Waals surface area contributed by atoms with Crippen LogP contribution in [-0.4, -0.2) is 36.0 Å². The SMILES string of the molecule is CCNc1ncc(C(=O)NCCSC)cc1Cl. The van der Waals surface area contributed by atoms with Gasteiger partial charge in [-0.2, -0.15) is 11.8 Å². The van der Waals surface area contributed by atoms with Gasteiger partial charge in [-0.15, -0.1) is 0 Å². The molecule has 1 rings (SSSR count). The van der Waals surface area contributed by atoms with Gasteiger partial charge in [-0.05, 0) is 19.2 Å². The van der Waals surface area contributed by atoms with Crippen molar-refractivity contribution >= 4 is 35.1 Å². The van der Waals surface area contributed by atoms with Gasteiger partial charge in [0.1, 0.15) is 5.82 Å². The second kappa shape index (κ2) is 7.40. The summed E-state index contributed by atoms with van der Waals surface area (Å²) < 4.78 is 0. The summed E-state index contributed by atoms with van der Waals surface area (Å²) in [7, 11) is 0. The number of halogens is 1. The maximum atomic E-state index is 11.7. The van der Waals surface area contributed by atoms with Crippen LogP contribution in [0.15, 0.2) is 12.3 Å². The first-order chi connectivity index (χ1) is 8.19. The van der Waals surface area contributed by atoms with Crippen LogP contribution in [0.1, 0.15) is 17.3 Å². The van der Waals surface area contributed by atoms with Crippen molar-refractivity contribution in [1.29, 1.82) is 0 Å². The topological polar surface area (TPSA) is 54.0 Å². The Labute approximate surface area is 111 Å². The Bertz CT molecular complexity index is 387. The lowest BCUT2D eigenvalue weighted by Crippen LogP contribution is -2.25. The van der Waals surface area contributed by atoms with E-state index in [-0.39, 0.29) is 5.91 Å². The summed E-state index contributed by atoms with van der Waals surface area (Å²) in [5, 5.41) is 6.28. The molecule has 0 aliphatic carbocycles. The van der Waals surface area contributed by atoms with E-state index in [0.717, 1.165) is 12.3 Å². The third kappa shape index (κ3) is 4.44. The third-order valence-corrected chi connectivity index (χ3v) is 2.94. The van der Waals surface area contributed by atoms with Crippen LogP contribution in [0.25, 0.3) is 0 Å². The molecule has 0 bridgehead atoms. The summed E-state index contributed by atoms with van der Waals surface area (Å²) >= 11 is 7.69. The molecule has 0 aliphatic rings. The fraction of sp³-hybridized carbons (Fsp3) is 0.455.